The molecule has 0 amide bonds. The van der Waals surface area contributed by atoms with Crippen molar-refractivity contribution in [3.05, 3.63) is 47.9 Å². The van der Waals surface area contributed by atoms with Gasteiger partial charge in [0.25, 0.3) is 0 Å². The predicted molar refractivity (Wildman–Crippen MR) is 53.1 cm³/mol. The van der Waals surface area contributed by atoms with Crippen molar-refractivity contribution >= 4 is 5.97 Å². The summed E-state index contributed by atoms with van der Waals surface area (Å²) in [5, 5.41) is 8.75. The molecule has 15 heavy (non-hydrogen) atoms. The molecule has 0 fully saturated rings. The number of H-pyrrole nitrogens is 1. The topological polar surface area (TPSA) is 53.1 Å². The van der Waals surface area contributed by atoms with Crippen LogP contribution in [0.5, 0.6) is 0 Å². The van der Waals surface area contributed by atoms with Crippen molar-refractivity contribution in [3.8, 4) is 11.3 Å². The molecule has 0 bridgehead atoms. The first-order valence-electron chi connectivity index (χ1n) is 4.34. The normalized spacial score (nSPS) is 10.2. The summed E-state index contributed by atoms with van der Waals surface area (Å²) < 4.78 is 13.1. The number of aromatic nitrogens is 1. The van der Waals surface area contributed by atoms with Crippen LogP contribution in [0, 0.1) is 5.82 Å². The molecule has 1 heterocycles. The van der Waals surface area contributed by atoms with Crippen molar-refractivity contribution in [3.63, 3.8) is 0 Å². The minimum Gasteiger partial charge on any atom is -0.478 e. The maximum Gasteiger partial charge on any atom is 0.335 e. The van der Waals surface area contributed by atoms with Gasteiger partial charge in [0.2, 0.25) is 0 Å². The van der Waals surface area contributed by atoms with E-state index in [0.717, 1.165) is 6.07 Å². The Hall–Kier alpha value is -2.10. The zero-order chi connectivity index (χ0) is 10.8. The third-order valence-corrected chi connectivity index (χ3v) is 2.05. The average Bonchev–Trinajstić information content (AvgIpc) is 2.69. The first kappa shape index (κ1) is 9.45. The van der Waals surface area contributed by atoms with E-state index in [0.29, 0.717) is 11.3 Å². The summed E-state index contributed by atoms with van der Waals surface area (Å²) >= 11 is 0. The Labute approximate surface area is 85.2 Å². The van der Waals surface area contributed by atoms with Crippen molar-refractivity contribution in [2.75, 3.05) is 0 Å². The Kier molecular flexibility index (Phi) is 2.25. The maximum absolute atomic E-state index is 13.1. The van der Waals surface area contributed by atoms with Crippen LogP contribution in [-0.4, -0.2) is 16.1 Å². The molecule has 4 heteroatoms. The molecule has 1 aromatic carbocycles. The molecule has 2 aromatic rings. The third-order valence-electron chi connectivity index (χ3n) is 2.05. The van der Waals surface area contributed by atoms with Crippen LogP contribution in [-0.2, 0) is 0 Å². The minimum atomic E-state index is -1.14. The molecule has 2 rings (SSSR count). The number of hydrogen-bond donors (Lipinski definition) is 2. The van der Waals surface area contributed by atoms with Crippen LogP contribution in [0.25, 0.3) is 11.3 Å². The number of carbonyl (C=O) groups is 1. The first-order valence-corrected chi connectivity index (χ1v) is 4.34. The number of carboxylic acid groups (broad SMARTS) is 1. The van der Waals surface area contributed by atoms with Gasteiger partial charge >= 0.3 is 5.97 Å². The Morgan fingerprint density at radius 2 is 2.13 bits per heavy atom. The van der Waals surface area contributed by atoms with Crippen LogP contribution < -0.4 is 0 Å². The average molecular weight is 205 g/mol. The highest BCUT2D eigenvalue weighted by Crippen LogP contribution is 2.20. The Balaban J connectivity index is 2.54. The monoisotopic (exact) mass is 205 g/mol. The number of aromatic amines is 1. The fraction of sp³-hybridized carbons (Fsp3) is 0. The van der Waals surface area contributed by atoms with Gasteiger partial charge in [0.05, 0.1) is 5.56 Å². The van der Waals surface area contributed by atoms with Gasteiger partial charge in [-0.25, -0.2) is 9.18 Å². The largest absolute Gasteiger partial charge is 0.478 e. The summed E-state index contributed by atoms with van der Waals surface area (Å²) in [5.74, 6) is -1.69. The maximum atomic E-state index is 13.1. The zero-order valence-corrected chi connectivity index (χ0v) is 7.70. The number of aromatic carboxylic acids is 1. The molecule has 0 spiro atoms. The van der Waals surface area contributed by atoms with Crippen molar-refractivity contribution in [1.29, 1.82) is 0 Å². The van der Waals surface area contributed by atoms with Crippen molar-refractivity contribution in [2.24, 2.45) is 0 Å². The van der Waals surface area contributed by atoms with Crippen LogP contribution in [0.1, 0.15) is 10.4 Å². The van der Waals surface area contributed by atoms with Gasteiger partial charge in [-0.2, -0.15) is 0 Å². The highest BCUT2D eigenvalue weighted by Gasteiger charge is 2.08. The zero-order valence-electron chi connectivity index (χ0n) is 7.70. The van der Waals surface area contributed by atoms with E-state index in [1.807, 2.05) is 0 Å². The predicted octanol–water partition coefficient (Wildman–Crippen LogP) is 2.52. The third kappa shape index (κ3) is 1.88. The van der Waals surface area contributed by atoms with Crippen molar-refractivity contribution in [1.82, 2.24) is 4.98 Å². The molecular formula is C11H8FNO2. The van der Waals surface area contributed by atoms with Gasteiger partial charge in [-0.15, -0.1) is 0 Å². The summed E-state index contributed by atoms with van der Waals surface area (Å²) in [6.45, 7) is 0. The molecule has 0 saturated carbocycles. The van der Waals surface area contributed by atoms with E-state index in [1.54, 1.807) is 18.3 Å². The fourth-order valence-electron chi connectivity index (χ4n) is 1.38. The highest BCUT2D eigenvalue weighted by molar-refractivity contribution is 5.89. The number of halogens is 1. The number of hydrogen-bond acceptors (Lipinski definition) is 1. The summed E-state index contributed by atoms with van der Waals surface area (Å²) in [5.41, 5.74) is 1.16. The number of rotatable bonds is 2. The lowest BCUT2D eigenvalue weighted by Crippen LogP contribution is -1.97. The SMILES string of the molecule is O=C(O)c1cc(F)cc(-c2ccc[nH]2)c1. The van der Waals surface area contributed by atoms with Gasteiger partial charge < -0.3 is 10.1 Å². The van der Waals surface area contributed by atoms with Gasteiger partial charge in [-0.05, 0) is 30.3 Å². The summed E-state index contributed by atoms with van der Waals surface area (Å²) in [6.07, 6.45) is 1.70. The van der Waals surface area contributed by atoms with Crippen LogP contribution >= 0.6 is 0 Å². The lowest BCUT2D eigenvalue weighted by Gasteiger charge is -2.01. The summed E-state index contributed by atoms with van der Waals surface area (Å²) in [7, 11) is 0. The standard InChI is InChI=1S/C11H8FNO2/c12-9-5-7(10-2-1-3-13-10)4-8(6-9)11(14)15/h1-6,13H,(H,14,15). The molecule has 0 atom stereocenters. The molecule has 0 saturated heterocycles. The molecule has 0 radical (unpaired) electrons. The molecule has 0 aliphatic carbocycles. The van der Waals surface area contributed by atoms with Gasteiger partial charge in [0.1, 0.15) is 5.82 Å². The van der Waals surface area contributed by atoms with E-state index in [9.17, 15) is 9.18 Å². The van der Waals surface area contributed by atoms with Crippen LogP contribution in [0.15, 0.2) is 36.5 Å². The minimum absolute atomic E-state index is 0.0559. The molecule has 0 unspecified atom stereocenters. The van der Waals surface area contributed by atoms with E-state index in [2.05, 4.69) is 4.98 Å². The molecule has 0 aliphatic rings. The number of carboxylic acids is 1. The molecule has 76 valence electrons. The van der Waals surface area contributed by atoms with E-state index in [1.165, 1.54) is 12.1 Å². The van der Waals surface area contributed by atoms with Gasteiger partial charge in [0.15, 0.2) is 0 Å². The van der Waals surface area contributed by atoms with Crippen LogP contribution in [0.3, 0.4) is 0 Å². The van der Waals surface area contributed by atoms with Gasteiger partial charge in [-0.3, -0.25) is 0 Å². The highest BCUT2D eigenvalue weighted by atomic mass is 19.1. The van der Waals surface area contributed by atoms with Crippen molar-refractivity contribution in [2.45, 2.75) is 0 Å². The Morgan fingerprint density at radius 3 is 2.73 bits per heavy atom. The second kappa shape index (κ2) is 3.57. The smallest absolute Gasteiger partial charge is 0.335 e. The van der Waals surface area contributed by atoms with E-state index in [4.69, 9.17) is 5.11 Å². The second-order valence-electron chi connectivity index (χ2n) is 3.12. The fourth-order valence-corrected chi connectivity index (χ4v) is 1.38. The lowest BCUT2D eigenvalue weighted by molar-refractivity contribution is 0.0696. The van der Waals surface area contributed by atoms with E-state index < -0.39 is 11.8 Å². The van der Waals surface area contributed by atoms with Gasteiger partial charge in [0, 0.05) is 17.5 Å². The second-order valence-corrected chi connectivity index (χ2v) is 3.12. The quantitative estimate of drug-likeness (QED) is 0.791. The molecule has 1 aromatic heterocycles. The molecule has 3 nitrogen and oxygen atoms in total. The Morgan fingerprint density at radius 1 is 1.33 bits per heavy atom. The van der Waals surface area contributed by atoms with E-state index >= 15 is 0 Å². The molecule has 2 N–H and O–H groups in total. The number of nitrogens with one attached hydrogen (secondary N) is 1. The van der Waals surface area contributed by atoms with E-state index in [-0.39, 0.29) is 5.56 Å². The van der Waals surface area contributed by atoms with Gasteiger partial charge in [-0.1, -0.05) is 0 Å². The van der Waals surface area contributed by atoms with Crippen molar-refractivity contribution < 1.29 is 14.3 Å². The number of benzene rings is 1. The lowest BCUT2D eigenvalue weighted by atomic mass is 10.1. The Bertz CT molecular complexity index is 491. The van der Waals surface area contributed by atoms with Crippen LogP contribution in [0.2, 0.25) is 0 Å². The molecular weight excluding hydrogens is 197 g/mol. The first-order chi connectivity index (χ1) is 7.16. The van der Waals surface area contributed by atoms with Crippen LogP contribution in [0.4, 0.5) is 4.39 Å². The summed E-state index contributed by atoms with van der Waals surface area (Å²) in [4.78, 5) is 13.6. The molecule has 0 aliphatic heterocycles. The summed E-state index contributed by atoms with van der Waals surface area (Å²) in [6, 6.07) is 7.23.